The van der Waals surface area contributed by atoms with Gasteiger partial charge in [0.2, 0.25) is 5.91 Å². The van der Waals surface area contributed by atoms with E-state index in [1.54, 1.807) is 30.5 Å². The molecule has 1 saturated carbocycles. The highest BCUT2D eigenvalue weighted by Gasteiger charge is 2.43. The summed E-state index contributed by atoms with van der Waals surface area (Å²) >= 11 is 1.13. The molecule has 0 aliphatic heterocycles. The molecular formula is C17H18N4O3S2. The molecule has 0 bridgehead atoms. The molecule has 1 fully saturated rings. The monoisotopic (exact) mass is 390 g/mol. The molecule has 7 nitrogen and oxygen atoms in total. The molecule has 1 aromatic heterocycles. The van der Waals surface area contributed by atoms with Gasteiger partial charge in [-0.1, -0.05) is 18.2 Å². The maximum absolute atomic E-state index is 13.0. The minimum Gasteiger partial charge on any atom is -0.336 e. The van der Waals surface area contributed by atoms with Crippen LogP contribution < -0.4 is 9.62 Å². The molecule has 0 saturated heterocycles. The summed E-state index contributed by atoms with van der Waals surface area (Å²) in [5.74, 6) is -0.425. The highest BCUT2D eigenvalue weighted by molar-refractivity contribution is 7.93. The minimum absolute atomic E-state index is 0.0771. The lowest BCUT2D eigenvalue weighted by molar-refractivity contribution is -0.121. The third-order valence-corrected chi connectivity index (χ3v) is 6.94. The van der Waals surface area contributed by atoms with Crippen molar-refractivity contribution in [1.29, 1.82) is 5.26 Å². The second-order valence-corrected chi connectivity index (χ2v) is 9.01. The zero-order valence-corrected chi connectivity index (χ0v) is 15.8. The van der Waals surface area contributed by atoms with Crippen molar-refractivity contribution in [2.45, 2.75) is 30.2 Å². The van der Waals surface area contributed by atoms with Crippen LogP contribution in [-0.4, -0.2) is 31.4 Å². The van der Waals surface area contributed by atoms with E-state index in [0.29, 0.717) is 0 Å². The fraction of sp³-hybridized carbons (Fsp3) is 0.353. The second kappa shape index (κ2) is 7.05. The third-order valence-electron chi connectivity index (χ3n) is 4.28. The number of benzene rings is 1. The van der Waals surface area contributed by atoms with Gasteiger partial charge in [-0.2, -0.15) is 5.26 Å². The molecule has 1 N–H and O–H groups in total. The predicted octanol–water partition coefficient (Wildman–Crippen LogP) is 2.15. The molecule has 1 aromatic carbocycles. The molecule has 1 unspecified atom stereocenters. The van der Waals surface area contributed by atoms with Crippen LogP contribution in [0.5, 0.6) is 0 Å². The predicted molar refractivity (Wildman–Crippen MR) is 98.0 cm³/mol. The quantitative estimate of drug-likeness (QED) is 0.780. The van der Waals surface area contributed by atoms with Gasteiger partial charge in [-0.15, -0.1) is 11.3 Å². The average Bonchev–Trinajstić information content (AvgIpc) is 3.37. The van der Waals surface area contributed by atoms with Crippen LogP contribution in [0.3, 0.4) is 0 Å². The molecule has 9 heteroatoms. The van der Waals surface area contributed by atoms with Crippen LogP contribution in [0.25, 0.3) is 0 Å². The molecule has 26 heavy (non-hydrogen) atoms. The zero-order valence-electron chi connectivity index (χ0n) is 14.1. The summed E-state index contributed by atoms with van der Waals surface area (Å²) in [7, 11) is -3.95. The van der Waals surface area contributed by atoms with Crippen molar-refractivity contribution in [3.63, 3.8) is 0 Å². The maximum Gasteiger partial charge on any atom is 0.266 e. The Morgan fingerprint density at radius 1 is 1.42 bits per heavy atom. The summed E-state index contributed by atoms with van der Waals surface area (Å²) < 4.78 is 27.0. The SMILES string of the molecule is CC(C#N)(NC(=O)CN(c1nccs1)S(=O)(=O)c1ccccc1)C1CC1. The molecular weight excluding hydrogens is 372 g/mol. The van der Waals surface area contributed by atoms with E-state index in [1.165, 1.54) is 18.3 Å². The van der Waals surface area contributed by atoms with Crippen molar-refractivity contribution in [3.8, 4) is 6.07 Å². The van der Waals surface area contributed by atoms with Gasteiger partial charge in [0.1, 0.15) is 12.1 Å². The van der Waals surface area contributed by atoms with Crippen LogP contribution in [0, 0.1) is 17.2 Å². The lowest BCUT2D eigenvalue weighted by atomic mass is 9.98. The van der Waals surface area contributed by atoms with Crippen LogP contribution in [-0.2, 0) is 14.8 Å². The number of sulfonamides is 1. The van der Waals surface area contributed by atoms with Gasteiger partial charge in [-0.25, -0.2) is 17.7 Å². The standard InChI is InChI=1S/C17H18N4O3S2/c1-17(12-18,13-7-8-13)20-15(22)11-21(16-19-9-10-25-16)26(23,24)14-5-3-2-4-6-14/h2-6,9-10,13H,7-8,11H2,1H3,(H,20,22). The van der Waals surface area contributed by atoms with Gasteiger partial charge in [0, 0.05) is 11.6 Å². The number of rotatable bonds is 7. The van der Waals surface area contributed by atoms with Gasteiger partial charge < -0.3 is 5.32 Å². The molecule has 1 heterocycles. The number of nitrogens with zero attached hydrogens (tertiary/aromatic N) is 3. The molecule has 1 aliphatic carbocycles. The molecule has 2 aromatic rings. The number of carbonyl (C=O) groups is 1. The topological polar surface area (TPSA) is 103 Å². The highest BCUT2D eigenvalue weighted by Crippen LogP contribution is 2.39. The molecule has 136 valence electrons. The van der Waals surface area contributed by atoms with Crippen LogP contribution in [0.1, 0.15) is 19.8 Å². The summed E-state index contributed by atoms with van der Waals surface area (Å²) in [6.45, 7) is 1.23. The Labute approximate surface area is 156 Å². The number of amides is 1. The van der Waals surface area contributed by atoms with E-state index in [9.17, 15) is 18.5 Å². The zero-order chi connectivity index (χ0) is 18.8. The van der Waals surface area contributed by atoms with Crippen LogP contribution in [0.4, 0.5) is 5.13 Å². The number of nitrogens with one attached hydrogen (secondary N) is 1. The van der Waals surface area contributed by atoms with Crippen LogP contribution >= 0.6 is 11.3 Å². The maximum atomic E-state index is 13.0. The lowest BCUT2D eigenvalue weighted by Crippen LogP contribution is -2.51. The molecule has 0 spiro atoms. The van der Waals surface area contributed by atoms with Crippen molar-refractivity contribution in [3.05, 3.63) is 41.9 Å². The Kier molecular flexibility index (Phi) is 4.98. The van der Waals surface area contributed by atoms with E-state index in [0.717, 1.165) is 28.5 Å². The van der Waals surface area contributed by atoms with Gasteiger partial charge >= 0.3 is 0 Å². The normalized spacial score (nSPS) is 16.3. The fourth-order valence-corrected chi connectivity index (χ4v) is 4.92. The van der Waals surface area contributed by atoms with Gasteiger partial charge in [0.25, 0.3) is 10.0 Å². The first-order valence-corrected chi connectivity index (χ1v) is 10.4. The number of hydrogen-bond donors (Lipinski definition) is 1. The first kappa shape index (κ1) is 18.4. The number of anilines is 1. The Balaban J connectivity index is 1.86. The number of thiazole rings is 1. The minimum atomic E-state index is -3.95. The summed E-state index contributed by atoms with van der Waals surface area (Å²) in [4.78, 5) is 16.7. The van der Waals surface area contributed by atoms with Crippen molar-refractivity contribution in [2.24, 2.45) is 5.92 Å². The van der Waals surface area contributed by atoms with E-state index in [-0.39, 0.29) is 15.9 Å². The number of aromatic nitrogens is 1. The Hall–Kier alpha value is -2.44. The third kappa shape index (κ3) is 3.71. The number of nitriles is 1. The molecule has 3 rings (SSSR count). The molecule has 0 radical (unpaired) electrons. The van der Waals surface area contributed by atoms with Gasteiger partial charge in [0.05, 0.1) is 11.0 Å². The number of carbonyl (C=O) groups excluding carboxylic acids is 1. The Morgan fingerprint density at radius 3 is 2.65 bits per heavy atom. The van der Waals surface area contributed by atoms with Crippen LogP contribution in [0.15, 0.2) is 46.8 Å². The summed E-state index contributed by atoms with van der Waals surface area (Å²) in [5, 5.41) is 13.9. The first-order valence-electron chi connectivity index (χ1n) is 8.06. The Morgan fingerprint density at radius 2 is 2.12 bits per heavy atom. The second-order valence-electron chi connectivity index (χ2n) is 6.28. The van der Waals surface area contributed by atoms with Crippen molar-refractivity contribution >= 4 is 32.4 Å². The molecule has 1 amide bonds. The fourth-order valence-electron chi connectivity index (χ4n) is 2.66. The molecule has 1 aliphatic rings. The summed E-state index contributed by atoms with van der Waals surface area (Å²) in [6.07, 6.45) is 3.24. The van der Waals surface area contributed by atoms with Gasteiger partial charge in [-0.3, -0.25) is 4.79 Å². The molecule has 1 atom stereocenters. The Bertz CT molecular complexity index is 919. The van der Waals surface area contributed by atoms with Crippen molar-refractivity contribution < 1.29 is 13.2 Å². The average molecular weight is 390 g/mol. The summed E-state index contributed by atoms with van der Waals surface area (Å²) in [5.41, 5.74) is -0.984. The summed E-state index contributed by atoms with van der Waals surface area (Å²) in [6, 6.07) is 10.0. The van der Waals surface area contributed by atoms with E-state index in [2.05, 4.69) is 16.4 Å². The van der Waals surface area contributed by atoms with E-state index >= 15 is 0 Å². The van der Waals surface area contributed by atoms with E-state index < -0.39 is 28.0 Å². The van der Waals surface area contributed by atoms with Crippen LogP contribution in [0.2, 0.25) is 0 Å². The first-order chi connectivity index (χ1) is 12.4. The van der Waals surface area contributed by atoms with E-state index in [4.69, 9.17) is 0 Å². The van der Waals surface area contributed by atoms with Crippen molar-refractivity contribution in [2.75, 3.05) is 10.8 Å². The smallest absolute Gasteiger partial charge is 0.266 e. The lowest BCUT2D eigenvalue weighted by Gasteiger charge is -2.26. The number of hydrogen-bond acceptors (Lipinski definition) is 6. The van der Waals surface area contributed by atoms with Gasteiger partial charge in [0.15, 0.2) is 5.13 Å². The van der Waals surface area contributed by atoms with E-state index in [1.807, 2.05) is 0 Å². The van der Waals surface area contributed by atoms with Gasteiger partial charge in [-0.05, 0) is 37.8 Å². The highest BCUT2D eigenvalue weighted by atomic mass is 32.2. The van der Waals surface area contributed by atoms with Crippen molar-refractivity contribution in [1.82, 2.24) is 10.3 Å². The largest absolute Gasteiger partial charge is 0.336 e.